The van der Waals surface area contributed by atoms with Crippen LogP contribution in [0.4, 0.5) is 0 Å². The number of ether oxygens (including phenoxy) is 2. The van der Waals surface area contributed by atoms with E-state index in [0.29, 0.717) is 0 Å². The molecular weight excluding hydrogens is 316 g/mol. The molecule has 0 aromatic heterocycles. The van der Waals surface area contributed by atoms with Crippen molar-refractivity contribution in [1.29, 1.82) is 0 Å². The van der Waals surface area contributed by atoms with Gasteiger partial charge in [0.1, 0.15) is 5.75 Å². The number of rotatable bonds is 11. The fraction of sp³-hybridized carbons (Fsp3) is 0.632. The first-order valence-electron chi connectivity index (χ1n) is 8.86. The molecule has 1 rings (SSSR count). The van der Waals surface area contributed by atoms with Crippen molar-refractivity contribution < 1.29 is 9.47 Å². The van der Waals surface area contributed by atoms with Crippen LogP contribution in [0.5, 0.6) is 5.75 Å². The van der Waals surface area contributed by atoms with Gasteiger partial charge in [-0.2, -0.15) is 0 Å². The van der Waals surface area contributed by atoms with Crippen LogP contribution < -0.4 is 15.4 Å². The van der Waals surface area contributed by atoms with Gasteiger partial charge >= 0.3 is 0 Å². The summed E-state index contributed by atoms with van der Waals surface area (Å²) in [6, 6.07) is 6.34. The molecule has 0 spiro atoms. The van der Waals surface area contributed by atoms with Crippen molar-refractivity contribution >= 4 is 5.96 Å². The molecule has 0 fully saturated rings. The van der Waals surface area contributed by atoms with E-state index >= 15 is 0 Å². The quantitative estimate of drug-likeness (QED) is 0.361. The van der Waals surface area contributed by atoms with Gasteiger partial charge in [-0.05, 0) is 44.0 Å². The summed E-state index contributed by atoms with van der Waals surface area (Å²) in [5.41, 5.74) is 2.41. The lowest BCUT2D eigenvalue weighted by Gasteiger charge is -2.18. The summed E-state index contributed by atoms with van der Waals surface area (Å²) in [5, 5.41) is 6.71. The van der Waals surface area contributed by atoms with Crippen LogP contribution in [0.15, 0.2) is 23.2 Å². The van der Waals surface area contributed by atoms with E-state index in [1.165, 1.54) is 5.56 Å². The lowest BCUT2D eigenvalue weighted by molar-refractivity contribution is 0.180. The standard InChI is InChI=1S/C19H34N4O2/c1-16-7-8-17(15-18(16)25-5)9-10-21-19(20-2)22-11-13-23(3)12-6-14-24-4/h7-8,15H,6,9-14H2,1-5H3,(H2,20,21,22). The number of nitrogens with one attached hydrogen (secondary N) is 2. The van der Waals surface area contributed by atoms with Crippen molar-refractivity contribution in [1.82, 2.24) is 15.5 Å². The van der Waals surface area contributed by atoms with Gasteiger partial charge in [-0.3, -0.25) is 4.99 Å². The van der Waals surface area contributed by atoms with Gasteiger partial charge in [0, 0.05) is 46.9 Å². The molecule has 0 atom stereocenters. The molecule has 142 valence electrons. The van der Waals surface area contributed by atoms with E-state index in [9.17, 15) is 0 Å². The highest BCUT2D eigenvalue weighted by atomic mass is 16.5. The van der Waals surface area contributed by atoms with E-state index in [4.69, 9.17) is 9.47 Å². The van der Waals surface area contributed by atoms with E-state index in [2.05, 4.69) is 52.7 Å². The maximum Gasteiger partial charge on any atom is 0.191 e. The summed E-state index contributed by atoms with van der Waals surface area (Å²) in [7, 11) is 7.37. The van der Waals surface area contributed by atoms with Gasteiger partial charge < -0.3 is 25.0 Å². The summed E-state index contributed by atoms with van der Waals surface area (Å²) in [6.45, 7) is 6.57. The van der Waals surface area contributed by atoms with E-state index in [0.717, 1.165) is 62.9 Å². The Kier molecular flexibility index (Phi) is 10.7. The minimum Gasteiger partial charge on any atom is -0.496 e. The number of guanidine groups is 1. The molecule has 0 saturated heterocycles. The SMILES string of the molecule is CN=C(NCCc1ccc(C)c(OC)c1)NCCN(C)CCCOC. The molecule has 6 nitrogen and oxygen atoms in total. The Morgan fingerprint density at radius 3 is 2.60 bits per heavy atom. The lowest BCUT2D eigenvalue weighted by Crippen LogP contribution is -2.41. The average Bonchev–Trinajstić information content (AvgIpc) is 2.62. The molecule has 0 aliphatic rings. The fourth-order valence-corrected chi connectivity index (χ4v) is 2.52. The average molecular weight is 351 g/mol. The van der Waals surface area contributed by atoms with E-state index < -0.39 is 0 Å². The number of benzene rings is 1. The minimum atomic E-state index is 0.810. The third-order valence-corrected chi connectivity index (χ3v) is 4.08. The molecule has 0 aliphatic carbocycles. The molecule has 1 aromatic rings. The van der Waals surface area contributed by atoms with Crippen LogP contribution in [0.3, 0.4) is 0 Å². The monoisotopic (exact) mass is 350 g/mol. The molecule has 6 heteroatoms. The Labute approximate surface area is 152 Å². The summed E-state index contributed by atoms with van der Waals surface area (Å²) in [5.74, 6) is 1.78. The summed E-state index contributed by atoms with van der Waals surface area (Å²) < 4.78 is 10.5. The number of hydrogen-bond donors (Lipinski definition) is 2. The third kappa shape index (κ3) is 8.74. The fourth-order valence-electron chi connectivity index (χ4n) is 2.52. The second-order valence-electron chi connectivity index (χ2n) is 6.13. The lowest BCUT2D eigenvalue weighted by atomic mass is 10.1. The molecule has 0 bridgehead atoms. The van der Waals surface area contributed by atoms with Crippen LogP contribution in [0.25, 0.3) is 0 Å². The van der Waals surface area contributed by atoms with Gasteiger partial charge in [-0.25, -0.2) is 0 Å². The Bertz CT molecular complexity index is 520. The van der Waals surface area contributed by atoms with Gasteiger partial charge in [-0.15, -0.1) is 0 Å². The van der Waals surface area contributed by atoms with Crippen molar-refractivity contribution in [2.75, 3.05) is 61.1 Å². The molecule has 0 amide bonds. The van der Waals surface area contributed by atoms with Gasteiger partial charge in [0.05, 0.1) is 7.11 Å². The van der Waals surface area contributed by atoms with Crippen molar-refractivity contribution in [2.45, 2.75) is 19.8 Å². The predicted molar refractivity (Wildman–Crippen MR) is 105 cm³/mol. The number of methoxy groups -OCH3 is 2. The van der Waals surface area contributed by atoms with Gasteiger partial charge in [0.15, 0.2) is 5.96 Å². The highest BCUT2D eigenvalue weighted by Gasteiger charge is 2.03. The number of aliphatic imine (C=N–C) groups is 1. The maximum absolute atomic E-state index is 5.38. The van der Waals surface area contributed by atoms with E-state index in [1.54, 1.807) is 21.3 Å². The first-order valence-corrected chi connectivity index (χ1v) is 8.86. The Balaban J connectivity index is 2.26. The zero-order valence-electron chi connectivity index (χ0n) is 16.4. The summed E-state index contributed by atoms with van der Waals surface area (Å²) in [6.07, 6.45) is 1.98. The molecule has 1 aromatic carbocycles. The minimum absolute atomic E-state index is 0.810. The second kappa shape index (κ2) is 12.6. The summed E-state index contributed by atoms with van der Waals surface area (Å²) >= 11 is 0. The highest BCUT2D eigenvalue weighted by molar-refractivity contribution is 5.79. The normalized spacial score (nSPS) is 11.7. The Morgan fingerprint density at radius 1 is 1.16 bits per heavy atom. The van der Waals surface area contributed by atoms with Crippen LogP contribution in [0.2, 0.25) is 0 Å². The van der Waals surface area contributed by atoms with Gasteiger partial charge in [0.2, 0.25) is 0 Å². The van der Waals surface area contributed by atoms with E-state index in [-0.39, 0.29) is 0 Å². The predicted octanol–water partition coefficient (Wildman–Crippen LogP) is 1.68. The smallest absolute Gasteiger partial charge is 0.191 e. The first kappa shape index (κ1) is 21.3. The molecular formula is C19H34N4O2. The number of likely N-dealkylation sites (N-methyl/N-ethyl adjacent to an activating group) is 1. The topological polar surface area (TPSA) is 58.1 Å². The maximum atomic E-state index is 5.38. The number of nitrogens with zero attached hydrogens (tertiary/aromatic N) is 2. The van der Waals surface area contributed by atoms with Crippen LogP contribution in [0, 0.1) is 6.92 Å². The second-order valence-corrected chi connectivity index (χ2v) is 6.13. The zero-order chi connectivity index (χ0) is 18.5. The molecule has 0 unspecified atom stereocenters. The number of hydrogen-bond acceptors (Lipinski definition) is 4. The molecule has 2 N–H and O–H groups in total. The molecule has 25 heavy (non-hydrogen) atoms. The van der Waals surface area contributed by atoms with Crippen LogP contribution in [-0.2, 0) is 11.2 Å². The van der Waals surface area contributed by atoms with Crippen LogP contribution in [-0.4, -0.2) is 72.0 Å². The van der Waals surface area contributed by atoms with Gasteiger partial charge in [0.25, 0.3) is 0 Å². The molecule has 0 radical (unpaired) electrons. The Morgan fingerprint density at radius 2 is 1.92 bits per heavy atom. The van der Waals surface area contributed by atoms with E-state index in [1.807, 2.05) is 0 Å². The van der Waals surface area contributed by atoms with Crippen molar-refractivity contribution in [3.8, 4) is 5.75 Å². The van der Waals surface area contributed by atoms with Crippen molar-refractivity contribution in [3.05, 3.63) is 29.3 Å². The summed E-state index contributed by atoms with van der Waals surface area (Å²) in [4.78, 5) is 6.56. The Hall–Kier alpha value is -1.79. The largest absolute Gasteiger partial charge is 0.496 e. The molecule has 0 heterocycles. The van der Waals surface area contributed by atoms with Crippen LogP contribution in [0.1, 0.15) is 17.5 Å². The van der Waals surface area contributed by atoms with Gasteiger partial charge in [-0.1, -0.05) is 12.1 Å². The zero-order valence-corrected chi connectivity index (χ0v) is 16.4. The van der Waals surface area contributed by atoms with Crippen molar-refractivity contribution in [3.63, 3.8) is 0 Å². The molecule has 0 aliphatic heterocycles. The van der Waals surface area contributed by atoms with Crippen molar-refractivity contribution in [2.24, 2.45) is 4.99 Å². The first-order chi connectivity index (χ1) is 12.1. The highest BCUT2D eigenvalue weighted by Crippen LogP contribution is 2.18. The molecule has 0 saturated carbocycles. The third-order valence-electron chi connectivity index (χ3n) is 4.08. The van der Waals surface area contributed by atoms with Crippen LogP contribution >= 0.6 is 0 Å². The number of aryl methyl sites for hydroxylation is 1.